The van der Waals surface area contributed by atoms with Gasteiger partial charge in [-0.05, 0) is 111 Å². The number of allylic oxidation sites excluding steroid dienone is 2. The summed E-state index contributed by atoms with van der Waals surface area (Å²) in [5.41, 5.74) is 11.5. The van der Waals surface area contributed by atoms with Gasteiger partial charge >= 0.3 is 0 Å². The summed E-state index contributed by atoms with van der Waals surface area (Å²) in [7, 11) is 0.464. The Morgan fingerprint density at radius 2 is 1.82 bits per heavy atom. The van der Waals surface area contributed by atoms with Gasteiger partial charge in [-0.15, -0.1) is 0 Å². The number of fused-ring (bicyclic) bond motifs is 1. The van der Waals surface area contributed by atoms with Crippen LogP contribution >= 0.6 is 10.2 Å². The first-order valence-electron chi connectivity index (χ1n) is 17.5. The molecule has 262 valence electrons. The fourth-order valence-corrected chi connectivity index (χ4v) is 9.40. The molecule has 3 aromatic heterocycles. The number of rotatable bonds is 5. The van der Waals surface area contributed by atoms with E-state index in [-0.39, 0.29) is 0 Å². The first kappa shape index (κ1) is 36.6. The molecule has 4 heterocycles. The van der Waals surface area contributed by atoms with Gasteiger partial charge in [0.25, 0.3) is 0 Å². The maximum absolute atomic E-state index is 12.1. The van der Waals surface area contributed by atoms with E-state index in [1.54, 1.807) is 20.8 Å². The van der Waals surface area contributed by atoms with Crippen LogP contribution < -0.4 is 5.14 Å². The van der Waals surface area contributed by atoms with E-state index in [1.165, 1.54) is 38.2 Å². The molecule has 1 aliphatic heterocycles. The molecule has 0 bridgehead atoms. The van der Waals surface area contributed by atoms with Crippen LogP contribution in [0.2, 0.25) is 0 Å². The number of hydrogen-bond donors (Lipinski definition) is 2. The number of pyridine rings is 1. The summed E-state index contributed by atoms with van der Waals surface area (Å²) in [6.07, 6.45) is 13.2. The van der Waals surface area contributed by atoms with Crippen LogP contribution in [0.3, 0.4) is 0 Å². The Morgan fingerprint density at radius 1 is 1.10 bits per heavy atom. The molecule has 2 aliphatic rings. The van der Waals surface area contributed by atoms with Crippen molar-refractivity contribution >= 4 is 43.9 Å². The molecule has 0 spiro atoms. The highest BCUT2D eigenvalue weighted by Gasteiger charge is 2.34. The van der Waals surface area contributed by atoms with Gasteiger partial charge in [-0.2, -0.15) is 15.3 Å². The van der Waals surface area contributed by atoms with Crippen LogP contribution in [0.5, 0.6) is 0 Å². The molecule has 1 aliphatic carbocycles. The summed E-state index contributed by atoms with van der Waals surface area (Å²) in [6, 6.07) is 13.1. The number of aromatic nitrogens is 4. The minimum Gasteiger partial charge on any atom is -0.391 e. The van der Waals surface area contributed by atoms with Crippen LogP contribution in [0.4, 0.5) is 0 Å². The zero-order valence-electron chi connectivity index (χ0n) is 31.1. The molecule has 1 unspecified atom stereocenters. The second-order valence-corrected chi connectivity index (χ2v) is 18.4. The molecule has 0 radical (unpaired) electrons. The molecule has 0 saturated heterocycles. The fraction of sp³-hybridized carbons (Fsp3) is 0.439. The van der Waals surface area contributed by atoms with Crippen molar-refractivity contribution in [2.24, 2.45) is 17.6 Å². The number of carbonyl (C=O) groups excluding carboxylic acids is 1. The Kier molecular flexibility index (Phi) is 10.4. The summed E-state index contributed by atoms with van der Waals surface area (Å²) >= 11 is 0. The Labute approximate surface area is 294 Å². The highest BCUT2D eigenvalue weighted by Crippen LogP contribution is 2.57. The molecule has 7 nitrogen and oxygen atoms in total. The molecular weight excluding hydrogens is 627 g/mol. The molecule has 8 heteroatoms. The van der Waals surface area contributed by atoms with E-state index in [9.17, 15) is 4.79 Å². The number of aryl methyl sites for hydroxylation is 2. The maximum atomic E-state index is 12.1. The van der Waals surface area contributed by atoms with E-state index in [4.69, 9.17) is 15.2 Å². The zero-order chi connectivity index (χ0) is 35.9. The quantitative estimate of drug-likeness (QED) is 0.180. The number of benzene rings is 2. The third kappa shape index (κ3) is 7.42. The third-order valence-corrected chi connectivity index (χ3v) is 12.0. The molecule has 2 aromatic carbocycles. The van der Waals surface area contributed by atoms with Crippen molar-refractivity contribution in [3.05, 3.63) is 71.6 Å². The van der Waals surface area contributed by atoms with Crippen LogP contribution in [0.15, 0.2) is 59.8 Å². The smallest absolute Gasteiger partial charge is 0.124 e. The summed E-state index contributed by atoms with van der Waals surface area (Å²) in [5.74, 6) is 0.921. The van der Waals surface area contributed by atoms with Crippen LogP contribution in [0, 0.1) is 12.3 Å². The standard InChI is InChI=1S/C35H39N5OS.C4H10O.C2H6/c1-22-27(11-16-41)32(23-8-12-35(2,3)13-9-23)28-20-31(40-15-17-42(5,36)34(22)33(28)40)25-10-14-37-29(19-25)24-6-7-30-26(18-24)21-38-39(30)4;1-4(2,3)5;1-2/h6-8,10,14,16,18-21H,9,11-13,15,17,36H2,1-5H3;5H,1-3H3;1-2H3. The highest BCUT2D eigenvalue weighted by molar-refractivity contribution is 8.31. The largest absolute Gasteiger partial charge is 0.391 e. The summed E-state index contributed by atoms with van der Waals surface area (Å²) in [5, 5.41) is 22.4. The fourth-order valence-electron chi connectivity index (χ4n) is 7.15. The predicted molar refractivity (Wildman–Crippen MR) is 209 cm³/mol. The average Bonchev–Trinajstić information content (AvgIpc) is 3.61. The predicted octanol–water partition coefficient (Wildman–Crippen LogP) is 9.38. The number of carbonyl (C=O) groups is 1. The lowest BCUT2D eigenvalue weighted by atomic mass is 9.75. The Morgan fingerprint density at radius 3 is 2.47 bits per heavy atom. The molecule has 7 rings (SSSR count). The van der Waals surface area contributed by atoms with Crippen LogP contribution in [0.1, 0.15) is 84.4 Å². The van der Waals surface area contributed by atoms with Gasteiger partial charge < -0.3 is 14.5 Å². The summed E-state index contributed by atoms with van der Waals surface area (Å²) < 4.78 is 4.38. The lowest BCUT2D eigenvalue weighted by Gasteiger charge is -2.40. The number of hydrogen-bond acceptors (Lipinski definition) is 5. The monoisotopic (exact) mass is 681 g/mol. The molecular formula is C41H55N5O2S. The normalized spacial score (nSPS) is 19.6. The minimum atomic E-state index is -1.50. The van der Waals surface area contributed by atoms with E-state index in [2.05, 4.69) is 79.2 Å². The van der Waals surface area contributed by atoms with Crippen LogP contribution in [0.25, 0.3) is 49.9 Å². The van der Waals surface area contributed by atoms with Crippen molar-refractivity contribution in [3.8, 4) is 22.5 Å². The molecule has 0 saturated carbocycles. The second kappa shape index (κ2) is 13.9. The van der Waals surface area contributed by atoms with Crippen molar-refractivity contribution in [2.45, 2.75) is 98.1 Å². The Bertz CT molecular complexity index is 2030. The first-order valence-corrected chi connectivity index (χ1v) is 19.8. The van der Waals surface area contributed by atoms with E-state index < -0.39 is 15.8 Å². The van der Waals surface area contributed by atoms with Crippen molar-refractivity contribution in [3.63, 3.8) is 0 Å². The third-order valence-electron chi connectivity index (χ3n) is 9.56. The Hall–Kier alpha value is -3.72. The summed E-state index contributed by atoms with van der Waals surface area (Å²) in [4.78, 5) is 18.1. The number of nitrogens with zero attached hydrogens (tertiary/aromatic N) is 4. The molecule has 1 atom stereocenters. The average molecular weight is 682 g/mol. The molecule has 0 amide bonds. The lowest BCUT2D eigenvalue weighted by molar-refractivity contribution is -0.107. The maximum Gasteiger partial charge on any atom is 0.124 e. The zero-order valence-corrected chi connectivity index (χ0v) is 32.0. The van der Waals surface area contributed by atoms with Gasteiger partial charge in [-0.25, -0.2) is 0 Å². The van der Waals surface area contributed by atoms with Gasteiger partial charge in [-0.3, -0.25) is 14.8 Å². The molecule has 3 N–H and O–H groups in total. The van der Waals surface area contributed by atoms with Gasteiger partial charge in [0.1, 0.15) is 6.29 Å². The van der Waals surface area contributed by atoms with Crippen molar-refractivity contribution in [1.82, 2.24) is 19.3 Å². The van der Waals surface area contributed by atoms with Crippen LogP contribution in [-0.2, 0) is 24.8 Å². The van der Waals surface area contributed by atoms with Crippen LogP contribution in [-0.4, -0.2) is 48.3 Å². The first-order chi connectivity index (χ1) is 23.1. The second-order valence-electron chi connectivity index (χ2n) is 15.2. The summed E-state index contributed by atoms with van der Waals surface area (Å²) in [6.45, 7) is 17.0. The number of nitrogens with two attached hydrogens (primary N) is 1. The highest BCUT2D eigenvalue weighted by atomic mass is 32.3. The van der Waals surface area contributed by atoms with Crippen molar-refractivity contribution in [1.29, 1.82) is 0 Å². The van der Waals surface area contributed by atoms with Gasteiger partial charge in [0.15, 0.2) is 0 Å². The number of aldehydes is 1. The lowest BCUT2D eigenvalue weighted by Crippen LogP contribution is -2.25. The van der Waals surface area contributed by atoms with E-state index in [0.29, 0.717) is 11.8 Å². The van der Waals surface area contributed by atoms with E-state index in [1.807, 2.05) is 38.0 Å². The number of aliphatic hydroxyl groups is 1. The van der Waals surface area contributed by atoms with Crippen molar-refractivity contribution < 1.29 is 9.90 Å². The topological polar surface area (TPSA) is 99.0 Å². The van der Waals surface area contributed by atoms with Crippen molar-refractivity contribution in [2.75, 3.05) is 12.0 Å². The van der Waals surface area contributed by atoms with Gasteiger partial charge in [-0.1, -0.05) is 39.8 Å². The molecule has 49 heavy (non-hydrogen) atoms. The van der Waals surface area contributed by atoms with Gasteiger partial charge in [0, 0.05) is 64.5 Å². The van der Waals surface area contributed by atoms with Gasteiger partial charge in [0.2, 0.25) is 0 Å². The SMILES string of the molecule is CC.CC(C)(C)O.Cc1c(CC=O)c(C2=CCC(C)(C)CC2)c2cc(-c3ccnc(-c4ccc5c(cnn5C)c4)c3)n3c2c1S(C)(N)CC3. The molecule has 5 aromatic rings. The molecule has 0 fully saturated rings. The Balaban J connectivity index is 0.000000616. The van der Waals surface area contributed by atoms with E-state index >= 15 is 0 Å². The van der Waals surface area contributed by atoms with E-state index in [0.717, 1.165) is 71.1 Å². The minimum absolute atomic E-state index is 0.303. The van der Waals surface area contributed by atoms with Gasteiger partial charge in [0.05, 0.1) is 28.5 Å².